The monoisotopic (exact) mass is 240 g/mol. The zero-order valence-electron chi connectivity index (χ0n) is 9.21. The number of thiophene rings is 1. The number of aliphatic hydroxyl groups is 1. The van der Waals surface area contributed by atoms with E-state index in [-0.39, 0.29) is 0 Å². The number of hydrogen-bond acceptors (Lipinski definition) is 2. The lowest BCUT2D eigenvalue weighted by molar-refractivity contribution is 0.222. The lowest BCUT2D eigenvalue weighted by Gasteiger charge is -2.12. The van der Waals surface area contributed by atoms with Gasteiger partial charge in [0, 0.05) is 0 Å². The van der Waals surface area contributed by atoms with E-state index in [2.05, 4.69) is 18.2 Å². The molecule has 1 aromatic heterocycles. The first-order chi connectivity index (χ1) is 8.36. The summed E-state index contributed by atoms with van der Waals surface area (Å²) >= 11 is 1.61. The number of benzene rings is 2. The molecule has 0 amide bonds. The van der Waals surface area contributed by atoms with Crippen molar-refractivity contribution in [2.24, 2.45) is 0 Å². The summed E-state index contributed by atoms with van der Waals surface area (Å²) in [6.45, 7) is 0. The standard InChI is InChI=1S/C15H12OS/c16-15(12-8-9-17-10-12)14-7-3-5-11-4-1-2-6-13(11)14/h1-10,15-16H/t15-/m0/s1. The number of fused-ring (bicyclic) bond motifs is 1. The fraction of sp³-hybridized carbons (Fsp3) is 0.0667. The largest absolute Gasteiger partial charge is 0.384 e. The second-order valence-corrected chi connectivity index (χ2v) is 4.81. The molecule has 1 atom stereocenters. The van der Waals surface area contributed by atoms with Crippen molar-refractivity contribution in [3.05, 3.63) is 70.4 Å². The van der Waals surface area contributed by atoms with Crippen LogP contribution in [0.2, 0.25) is 0 Å². The fourth-order valence-corrected chi connectivity index (χ4v) is 2.78. The molecule has 0 aliphatic heterocycles. The van der Waals surface area contributed by atoms with Gasteiger partial charge in [0.15, 0.2) is 0 Å². The summed E-state index contributed by atoms with van der Waals surface area (Å²) in [6, 6.07) is 16.2. The Bertz CT molecular complexity index is 623. The van der Waals surface area contributed by atoms with Crippen molar-refractivity contribution in [1.29, 1.82) is 0 Å². The normalized spacial score (nSPS) is 12.8. The first-order valence-corrected chi connectivity index (χ1v) is 6.48. The van der Waals surface area contributed by atoms with Crippen LogP contribution in [0.15, 0.2) is 59.3 Å². The molecule has 0 spiro atoms. The molecule has 2 heteroatoms. The van der Waals surface area contributed by atoms with E-state index in [9.17, 15) is 5.11 Å². The molecule has 0 saturated carbocycles. The summed E-state index contributed by atoms with van der Waals surface area (Å²) in [5.74, 6) is 0. The molecule has 1 nitrogen and oxygen atoms in total. The third-order valence-electron chi connectivity index (χ3n) is 2.98. The van der Waals surface area contributed by atoms with Gasteiger partial charge in [-0.15, -0.1) is 0 Å². The quantitative estimate of drug-likeness (QED) is 0.718. The predicted octanol–water partition coefficient (Wildman–Crippen LogP) is 3.98. The number of hydrogen-bond donors (Lipinski definition) is 1. The highest BCUT2D eigenvalue weighted by atomic mass is 32.1. The van der Waals surface area contributed by atoms with Crippen LogP contribution in [0.3, 0.4) is 0 Å². The minimum atomic E-state index is -0.535. The molecule has 0 bridgehead atoms. The van der Waals surface area contributed by atoms with E-state index in [0.717, 1.165) is 16.5 Å². The average molecular weight is 240 g/mol. The van der Waals surface area contributed by atoms with Crippen molar-refractivity contribution in [2.45, 2.75) is 6.10 Å². The topological polar surface area (TPSA) is 20.2 Å². The van der Waals surface area contributed by atoms with Crippen LogP contribution in [0.5, 0.6) is 0 Å². The van der Waals surface area contributed by atoms with E-state index in [0.29, 0.717) is 0 Å². The van der Waals surface area contributed by atoms with Gasteiger partial charge in [-0.25, -0.2) is 0 Å². The van der Waals surface area contributed by atoms with Crippen LogP contribution in [0, 0.1) is 0 Å². The van der Waals surface area contributed by atoms with Gasteiger partial charge in [-0.05, 0) is 38.7 Å². The Hall–Kier alpha value is -1.64. The summed E-state index contributed by atoms with van der Waals surface area (Å²) in [4.78, 5) is 0. The van der Waals surface area contributed by atoms with Gasteiger partial charge in [-0.3, -0.25) is 0 Å². The first kappa shape index (κ1) is 10.5. The summed E-state index contributed by atoms with van der Waals surface area (Å²) in [7, 11) is 0. The fourth-order valence-electron chi connectivity index (χ4n) is 2.10. The highest BCUT2D eigenvalue weighted by molar-refractivity contribution is 7.08. The second-order valence-electron chi connectivity index (χ2n) is 4.03. The maximum atomic E-state index is 10.4. The Morgan fingerprint density at radius 1 is 0.941 bits per heavy atom. The highest BCUT2D eigenvalue weighted by Crippen LogP contribution is 2.29. The van der Waals surface area contributed by atoms with E-state index in [4.69, 9.17) is 0 Å². The van der Waals surface area contributed by atoms with Gasteiger partial charge >= 0.3 is 0 Å². The van der Waals surface area contributed by atoms with Crippen LogP contribution < -0.4 is 0 Å². The van der Waals surface area contributed by atoms with Crippen molar-refractivity contribution in [3.63, 3.8) is 0 Å². The molecule has 0 unspecified atom stereocenters. The molecule has 0 saturated heterocycles. The van der Waals surface area contributed by atoms with Gasteiger partial charge in [-0.1, -0.05) is 42.5 Å². The molecule has 3 aromatic rings. The van der Waals surface area contributed by atoms with Crippen molar-refractivity contribution < 1.29 is 5.11 Å². The third kappa shape index (κ3) is 1.86. The lowest BCUT2D eigenvalue weighted by Crippen LogP contribution is -1.98. The summed E-state index contributed by atoms with van der Waals surface area (Å²) in [6.07, 6.45) is -0.535. The van der Waals surface area contributed by atoms with Crippen molar-refractivity contribution in [1.82, 2.24) is 0 Å². The zero-order chi connectivity index (χ0) is 11.7. The summed E-state index contributed by atoms with van der Waals surface area (Å²) < 4.78 is 0. The van der Waals surface area contributed by atoms with Crippen LogP contribution >= 0.6 is 11.3 Å². The Labute approximate surface area is 104 Å². The third-order valence-corrected chi connectivity index (χ3v) is 3.68. The molecule has 0 fully saturated rings. The molecular weight excluding hydrogens is 228 g/mol. The van der Waals surface area contributed by atoms with Crippen LogP contribution in [0.4, 0.5) is 0 Å². The molecule has 3 rings (SSSR count). The van der Waals surface area contributed by atoms with E-state index < -0.39 is 6.10 Å². The molecule has 0 radical (unpaired) electrons. The average Bonchev–Trinajstić information content (AvgIpc) is 2.91. The minimum absolute atomic E-state index is 0.535. The maximum absolute atomic E-state index is 10.4. The van der Waals surface area contributed by atoms with E-state index in [1.54, 1.807) is 11.3 Å². The van der Waals surface area contributed by atoms with E-state index in [1.165, 1.54) is 5.39 Å². The maximum Gasteiger partial charge on any atom is 0.105 e. The molecule has 0 aliphatic carbocycles. The Kier molecular flexibility index (Phi) is 2.67. The Morgan fingerprint density at radius 2 is 1.76 bits per heavy atom. The van der Waals surface area contributed by atoms with Crippen molar-refractivity contribution in [2.75, 3.05) is 0 Å². The van der Waals surface area contributed by atoms with Crippen LogP contribution in [-0.4, -0.2) is 5.11 Å². The molecular formula is C15H12OS. The zero-order valence-corrected chi connectivity index (χ0v) is 10.0. The van der Waals surface area contributed by atoms with Crippen LogP contribution in [0.1, 0.15) is 17.2 Å². The molecule has 1 N–H and O–H groups in total. The first-order valence-electron chi connectivity index (χ1n) is 5.54. The highest BCUT2D eigenvalue weighted by Gasteiger charge is 2.13. The van der Waals surface area contributed by atoms with Gasteiger partial charge < -0.3 is 5.11 Å². The Balaban J connectivity index is 2.17. The van der Waals surface area contributed by atoms with E-state index >= 15 is 0 Å². The van der Waals surface area contributed by atoms with Gasteiger partial charge in [0.2, 0.25) is 0 Å². The van der Waals surface area contributed by atoms with Gasteiger partial charge in [0.25, 0.3) is 0 Å². The minimum Gasteiger partial charge on any atom is -0.384 e. The van der Waals surface area contributed by atoms with Crippen LogP contribution in [0.25, 0.3) is 10.8 Å². The molecule has 1 heterocycles. The second kappa shape index (κ2) is 4.32. The SMILES string of the molecule is O[C@@H](c1ccsc1)c1cccc2ccccc12. The number of aliphatic hydroxyl groups excluding tert-OH is 1. The molecule has 0 aliphatic rings. The van der Waals surface area contributed by atoms with Gasteiger partial charge in [-0.2, -0.15) is 11.3 Å². The van der Waals surface area contributed by atoms with Gasteiger partial charge in [0.1, 0.15) is 6.10 Å². The van der Waals surface area contributed by atoms with Gasteiger partial charge in [0.05, 0.1) is 0 Å². The Morgan fingerprint density at radius 3 is 2.59 bits per heavy atom. The molecule has 84 valence electrons. The predicted molar refractivity (Wildman–Crippen MR) is 72.3 cm³/mol. The molecule has 2 aromatic carbocycles. The smallest absolute Gasteiger partial charge is 0.105 e. The van der Waals surface area contributed by atoms with Crippen molar-refractivity contribution >= 4 is 22.1 Å². The van der Waals surface area contributed by atoms with Crippen molar-refractivity contribution in [3.8, 4) is 0 Å². The van der Waals surface area contributed by atoms with Crippen LogP contribution in [-0.2, 0) is 0 Å². The lowest BCUT2D eigenvalue weighted by atomic mass is 9.97. The molecule has 17 heavy (non-hydrogen) atoms. The van der Waals surface area contributed by atoms with E-state index in [1.807, 2.05) is 41.1 Å². The summed E-state index contributed by atoms with van der Waals surface area (Å²) in [5.41, 5.74) is 1.94. The number of rotatable bonds is 2. The summed E-state index contributed by atoms with van der Waals surface area (Å²) in [5, 5.41) is 16.7.